The van der Waals surface area contributed by atoms with Gasteiger partial charge in [0.15, 0.2) is 0 Å². The van der Waals surface area contributed by atoms with E-state index in [0.29, 0.717) is 23.4 Å². The molecule has 1 amide bonds. The van der Waals surface area contributed by atoms with Gasteiger partial charge in [0, 0.05) is 11.1 Å². The largest absolute Gasteiger partial charge is 0.288 e. The number of carbonyl (C=O) groups is 1. The van der Waals surface area contributed by atoms with Crippen molar-refractivity contribution < 1.29 is 14.4 Å². The summed E-state index contributed by atoms with van der Waals surface area (Å²) >= 11 is 0. The van der Waals surface area contributed by atoms with Crippen molar-refractivity contribution in [2.24, 2.45) is 0 Å². The molecule has 0 saturated heterocycles. The van der Waals surface area contributed by atoms with Crippen LogP contribution in [0.25, 0.3) is 11.3 Å². The van der Waals surface area contributed by atoms with Crippen molar-refractivity contribution in [1.29, 1.82) is 0 Å². The van der Waals surface area contributed by atoms with Gasteiger partial charge in [0.1, 0.15) is 11.5 Å². The van der Waals surface area contributed by atoms with E-state index in [1.807, 2.05) is 0 Å². The Balaban J connectivity index is 1.77. The molecule has 6 nitrogen and oxygen atoms in total. The summed E-state index contributed by atoms with van der Waals surface area (Å²) in [5, 5.41) is 16.5. The van der Waals surface area contributed by atoms with Crippen LogP contribution in [0.15, 0.2) is 54.7 Å². The lowest BCUT2D eigenvalue weighted by molar-refractivity contribution is 0.0706. The van der Waals surface area contributed by atoms with Gasteiger partial charge in [-0.3, -0.25) is 10.0 Å². The topological polar surface area (TPSA) is 80.0 Å². The molecule has 0 saturated carbocycles. The fraction of sp³-hybridized carbons (Fsp3) is 0.0625. The lowest BCUT2D eigenvalue weighted by Crippen LogP contribution is -2.18. The van der Waals surface area contributed by atoms with Gasteiger partial charge in [0.05, 0.1) is 12.7 Å². The second-order valence-corrected chi connectivity index (χ2v) is 4.92. The zero-order chi connectivity index (χ0) is 16.2. The smallest absolute Gasteiger partial charge is 0.274 e. The number of hydrogen-bond acceptors (Lipinski definition) is 4. The van der Waals surface area contributed by atoms with Crippen LogP contribution in [0.5, 0.6) is 0 Å². The number of aromatic nitrogens is 3. The number of hydroxylamine groups is 1. The van der Waals surface area contributed by atoms with Gasteiger partial charge in [0.25, 0.3) is 5.91 Å². The first-order valence-electron chi connectivity index (χ1n) is 6.86. The van der Waals surface area contributed by atoms with E-state index >= 15 is 0 Å². The number of benzene rings is 2. The van der Waals surface area contributed by atoms with Gasteiger partial charge in [-0.05, 0) is 29.8 Å². The molecule has 0 fully saturated rings. The summed E-state index contributed by atoms with van der Waals surface area (Å²) in [6, 6.07) is 13.1. The number of amides is 1. The number of rotatable bonds is 4. The van der Waals surface area contributed by atoms with E-state index in [9.17, 15) is 9.18 Å². The molecule has 0 bridgehead atoms. The van der Waals surface area contributed by atoms with Crippen molar-refractivity contribution in [3.63, 3.8) is 0 Å². The Bertz CT molecular complexity index is 830. The van der Waals surface area contributed by atoms with Crippen LogP contribution in [0.2, 0.25) is 0 Å². The fourth-order valence-corrected chi connectivity index (χ4v) is 2.18. The average molecular weight is 312 g/mol. The molecule has 0 spiro atoms. The summed E-state index contributed by atoms with van der Waals surface area (Å²) in [7, 11) is 0. The lowest BCUT2D eigenvalue weighted by Gasteiger charge is -2.03. The summed E-state index contributed by atoms with van der Waals surface area (Å²) in [5.41, 5.74) is 3.67. The van der Waals surface area contributed by atoms with Crippen molar-refractivity contribution in [3.8, 4) is 11.3 Å². The van der Waals surface area contributed by atoms with E-state index in [0.717, 1.165) is 5.56 Å². The molecular weight excluding hydrogens is 299 g/mol. The molecule has 2 N–H and O–H groups in total. The first-order valence-corrected chi connectivity index (χ1v) is 6.86. The predicted octanol–water partition coefficient (Wildman–Crippen LogP) is 2.25. The minimum Gasteiger partial charge on any atom is -0.288 e. The van der Waals surface area contributed by atoms with Gasteiger partial charge >= 0.3 is 0 Å². The number of halogens is 1. The van der Waals surface area contributed by atoms with Crippen LogP contribution in [0.1, 0.15) is 15.9 Å². The van der Waals surface area contributed by atoms with Crippen LogP contribution in [-0.4, -0.2) is 26.1 Å². The SMILES string of the molecule is O=C(NO)c1ccc(Cn2cc(-c3ccccc3F)nn2)cc1. The number of nitrogens with zero attached hydrogens (tertiary/aromatic N) is 3. The van der Waals surface area contributed by atoms with E-state index < -0.39 is 5.91 Å². The molecule has 0 unspecified atom stereocenters. The van der Waals surface area contributed by atoms with Crippen LogP contribution < -0.4 is 5.48 Å². The Labute approximate surface area is 131 Å². The minimum absolute atomic E-state index is 0.348. The predicted molar refractivity (Wildman–Crippen MR) is 80.2 cm³/mol. The Morgan fingerprint density at radius 2 is 1.91 bits per heavy atom. The summed E-state index contributed by atoms with van der Waals surface area (Å²) in [4.78, 5) is 11.3. The Morgan fingerprint density at radius 3 is 2.61 bits per heavy atom. The first-order chi connectivity index (χ1) is 11.2. The van der Waals surface area contributed by atoms with Gasteiger partial charge in [-0.25, -0.2) is 14.6 Å². The number of nitrogens with one attached hydrogen (secondary N) is 1. The normalized spacial score (nSPS) is 10.5. The number of hydrogen-bond donors (Lipinski definition) is 2. The van der Waals surface area contributed by atoms with Crippen molar-refractivity contribution in [2.45, 2.75) is 6.54 Å². The van der Waals surface area contributed by atoms with E-state index in [1.54, 1.807) is 58.8 Å². The van der Waals surface area contributed by atoms with Gasteiger partial charge in [-0.1, -0.05) is 29.5 Å². The molecule has 23 heavy (non-hydrogen) atoms. The lowest BCUT2D eigenvalue weighted by atomic mass is 10.1. The molecule has 0 aliphatic rings. The highest BCUT2D eigenvalue weighted by Gasteiger charge is 2.09. The van der Waals surface area contributed by atoms with E-state index in [1.165, 1.54) is 6.07 Å². The fourth-order valence-electron chi connectivity index (χ4n) is 2.18. The zero-order valence-electron chi connectivity index (χ0n) is 12.0. The molecule has 2 aromatic carbocycles. The second kappa shape index (κ2) is 6.37. The van der Waals surface area contributed by atoms with Crippen LogP contribution >= 0.6 is 0 Å². The average Bonchev–Trinajstić information content (AvgIpc) is 3.03. The molecule has 1 aromatic heterocycles. The molecule has 7 heteroatoms. The van der Waals surface area contributed by atoms with Gasteiger partial charge in [-0.2, -0.15) is 0 Å². The molecule has 3 rings (SSSR count). The van der Waals surface area contributed by atoms with E-state index in [2.05, 4.69) is 10.3 Å². The number of carbonyl (C=O) groups excluding carboxylic acids is 1. The van der Waals surface area contributed by atoms with Crippen LogP contribution in [0, 0.1) is 5.82 Å². The van der Waals surface area contributed by atoms with Crippen LogP contribution in [0.4, 0.5) is 4.39 Å². The van der Waals surface area contributed by atoms with Crippen molar-refractivity contribution in [3.05, 3.63) is 71.7 Å². The standard InChI is InChI=1S/C16H13FN4O2/c17-14-4-2-1-3-13(14)15-10-21(20-18-15)9-11-5-7-12(8-6-11)16(22)19-23/h1-8,10,23H,9H2,(H,19,22). The Kier molecular flexibility index (Phi) is 4.11. The zero-order valence-corrected chi connectivity index (χ0v) is 12.0. The van der Waals surface area contributed by atoms with E-state index in [-0.39, 0.29) is 5.82 Å². The molecule has 0 aliphatic heterocycles. The monoisotopic (exact) mass is 312 g/mol. The minimum atomic E-state index is -0.570. The Hall–Kier alpha value is -3.06. The molecule has 0 radical (unpaired) electrons. The quantitative estimate of drug-likeness (QED) is 0.572. The summed E-state index contributed by atoms with van der Waals surface area (Å²) in [6.07, 6.45) is 1.66. The highest BCUT2D eigenvalue weighted by Crippen LogP contribution is 2.19. The molecule has 0 aliphatic carbocycles. The maximum absolute atomic E-state index is 13.7. The Morgan fingerprint density at radius 1 is 1.17 bits per heavy atom. The molecule has 3 aromatic rings. The molecule has 116 valence electrons. The highest BCUT2D eigenvalue weighted by molar-refractivity contribution is 5.93. The second-order valence-electron chi connectivity index (χ2n) is 4.92. The third kappa shape index (κ3) is 3.24. The van der Waals surface area contributed by atoms with Crippen molar-refractivity contribution in [1.82, 2.24) is 20.5 Å². The summed E-state index contributed by atoms with van der Waals surface area (Å²) in [5.74, 6) is -0.918. The third-order valence-electron chi connectivity index (χ3n) is 3.35. The maximum Gasteiger partial charge on any atom is 0.274 e. The molecule has 0 atom stereocenters. The summed E-state index contributed by atoms with van der Waals surface area (Å²) in [6.45, 7) is 0.433. The van der Waals surface area contributed by atoms with Gasteiger partial charge in [-0.15, -0.1) is 5.10 Å². The van der Waals surface area contributed by atoms with Gasteiger partial charge in [0.2, 0.25) is 0 Å². The van der Waals surface area contributed by atoms with Crippen LogP contribution in [0.3, 0.4) is 0 Å². The van der Waals surface area contributed by atoms with Crippen LogP contribution in [-0.2, 0) is 6.54 Å². The third-order valence-corrected chi connectivity index (χ3v) is 3.35. The molecule has 1 heterocycles. The molecular formula is C16H13FN4O2. The van der Waals surface area contributed by atoms with E-state index in [4.69, 9.17) is 5.21 Å². The maximum atomic E-state index is 13.7. The highest BCUT2D eigenvalue weighted by atomic mass is 19.1. The van der Waals surface area contributed by atoms with Crippen molar-refractivity contribution in [2.75, 3.05) is 0 Å². The van der Waals surface area contributed by atoms with Gasteiger partial charge < -0.3 is 0 Å². The first kappa shape index (κ1) is 14.9. The van der Waals surface area contributed by atoms with Crippen molar-refractivity contribution >= 4 is 5.91 Å². The summed E-state index contributed by atoms with van der Waals surface area (Å²) < 4.78 is 15.3.